The van der Waals surface area contributed by atoms with E-state index in [0.29, 0.717) is 11.1 Å². The first kappa shape index (κ1) is 16.5. The van der Waals surface area contributed by atoms with E-state index in [4.69, 9.17) is 0 Å². The second-order valence-corrected chi connectivity index (χ2v) is 5.58. The fourth-order valence-electron chi connectivity index (χ4n) is 2.69. The standard InChI is InChI=1S/C18H19NO4/c1-10(2)16(18(22)23)14(17(20)21)9-13-11(3)19(4)15-8-6-5-7-12(13)15/h5-9H,1-4H3,(H,20,21)(H,22,23)/p-2/b14-9-. The number of carboxylic acid groups (broad SMARTS) is 2. The molecule has 1 aromatic heterocycles. The first-order chi connectivity index (χ1) is 10.8. The van der Waals surface area contributed by atoms with Gasteiger partial charge >= 0.3 is 0 Å². The molecular formula is C18H17NO4-2. The number of nitrogens with zero attached hydrogens (tertiary/aromatic N) is 1. The van der Waals surface area contributed by atoms with Gasteiger partial charge < -0.3 is 24.4 Å². The van der Waals surface area contributed by atoms with Crippen molar-refractivity contribution in [1.29, 1.82) is 0 Å². The molecule has 0 unspecified atom stereocenters. The Morgan fingerprint density at radius 3 is 2.22 bits per heavy atom. The van der Waals surface area contributed by atoms with Gasteiger partial charge in [-0.3, -0.25) is 0 Å². The summed E-state index contributed by atoms with van der Waals surface area (Å²) in [5, 5.41) is 23.7. The van der Waals surface area contributed by atoms with E-state index in [2.05, 4.69) is 0 Å². The number of benzene rings is 1. The second kappa shape index (κ2) is 6.12. The molecule has 0 N–H and O–H groups in total. The topological polar surface area (TPSA) is 85.2 Å². The number of carbonyl (C=O) groups is 2. The van der Waals surface area contributed by atoms with Gasteiger partial charge in [-0.2, -0.15) is 0 Å². The summed E-state index contributed by atoms with van der Waals surface area (Å²) in [6, 6.07) is 7.51. The number of allylic oxidation sites excluding steroid dienone is 1. The van der Waals surface area contributed by atoms with Crippen molar-refractivity contribution in [2.24, 2.45) is 7.05 Å². The van der Waals surface area contributed by atoms with E-state index < -0.39 is 11.9 Å². The van der Waals surface area contributed by atoms with Gasteiger partial charge in [-0.15, -0.1) is 0 Å². The fraction of sp³-hybridized carbons (Fsp3) is 0.222. The zero-order valence-electron chi connectivity index (χ0n) is 13.5. The van der Waals surface area contributed by atoms with Crippen LogP contribution in [0.15, 0.2) is 41.0 Å². The minimum Gasteiger partial charge on any atom is -0.545 e. The molecule has 1 aromatic carbocycles. The molecule has 120 valence electrons. The Hall–Kier alpha value is -2.82. The van der Waals surface area contributed by atoms with Crippen LogP contribution in [0.3, 0.4) is 0 Å². The summed E-state index contributed by atoms with van der Waals surface area (Å²) in [5.74, 6) is -3.07. The largest absolute Gasteiger partial charge is 0.545 e. The van der Waals surface area contributed by atoms with Crippen LogP contribution in [0, 0.1) is 6.92 Å². The third-order valence-corrected chi connectivity index (χ3v) is 3.93. The highest BCUT2D eigenvalue weighted by Gasteiger charge is 2.14. The van der Waals surface area contributed by atoms with Gasteiger partial charge in [0.05, 0.1) is 11.9 Å². The highest BCUT2D eigenvalue weighted by molar-refractivity contribution is 6.09. The van der Waals surface area contributed by atoms with E-state index >= 15 is 0 Å². The maximum absolute atomic E-state index is 11.5. The van der Waals surface area contributed by atoms with Gasteiger partial charge in [0.1, 0.15) is 0 Å². The summed E-state index contributed by atoms with van der Waals surface area (Å²) in [6.45, 7) is 4.90. The maximum Gasteiger partial charge on any atom is 0.0722 e. The first-order valence-electron chi connectivity index (χ1n) is 7.12. The van der Waals surface area contributed by atoms with Crippen LogP contribution in [0.4, 0.5) is 0 Å². The average molecular weight is 311 g/mol. The predicted octanol–water partition coefficient (Wildman–Crippen LogP) is 0.706. The Bertz CT molecular complexity index is 865. The van der Waals surface area contributed by atoms with E-state index in [1.54, 1.807) is 0 Å². The van der Waals surface area contributed by atoms with Crippen molar-refractivity contribution in [2.75, 3.05) is 0 Å². The van der Waals surface area contributed by atoms with Crippen molar-refractivity contribution >= 4 is 28.9 Å². The summed E-state index contributed by atoms with van der Waals surface area (Å²) in [5.41, 5.74) is 2.03. The zero-order chi connectivity index (χ0) is 17.3. The summed E-state index contributed by atoms with van der Waals surface area (Å²) < 4.78 is 1.93. The lowest BCUT2D eigenvalue weighted by molar-refractivity contribution is -0.304. The molecule has 0 saturated carbocycles. The molecule has 23 heavy (non-hydrogen) atoms. The van der Waals surface area contributed by atoms with Crippen LogP contribution in [-0.2, 0) is 16.6 Å². The molecule has 0 fully saturated rings. The monoisotopic (exact) mass is 311 g/mol. The van der Waals surface area contributed by atoms with E-state index in [0.717, 1.165) is 16.6 Å². The van der Waals surface area contributed by atoms with Gasteiger partial charge in [0.2, 0.25) is 0 Å². The third-order valence-electron chi connectivity index (χ3n) is 3.93. The van der Waals surface area contributed by atoms with Crippen molar-refractivity contribution in [1.82, 2.24) is 4.57 Å². The normalized spacial score (nSPS) is 11.6. The number of hydrogen-bond donors (Lipinski definition) is 0. The molecule has 0 atom stereocenters. The van der Waals surface area contributed by atoms with Gasteiger partial charge in [-0.05, 0) is 32.9 Å². The number of aromatic nitrogens is 1. The Labute approximate surface area is 134 Å². The number of para-hydroxylation sites is 1. The number of carbonyl (C=O) groups excluding carboxylic acids is 2. The highest BCUT2D eigenvalue weighted by Crippen LogP contribution is 2.28. The van der Waals surface area contributed by atoms with Crippen molar-refractivity contribution in [3.8, 4) is 0 Å². The third kappa shape index (κ3) is 2.90. The Morgan fingerprint density at radius 2 is 1.70 bits per heavy atom. The minimum absolute atomic E-state index is 0.346. The van der Waals surface area contributed by atoms with Crippen LogP contribution in [0.5, 0.6) is 0 Å². The van der Waals surface area contributed by atoms with E-state index in [1.165, 1.54) is 19.9 Å². The van der Waals surface area contributed by atoms with Crippen LogP contribution < -0.4 is 10.2 Å². The van der Waals surface area contributed by atoms with Crippen LogP contribution >= 0.6 is 0 Å². The number of aryl methyl sites for hydroxylation is 1. The molecule has 2 rings (SSSR count). The maximum atomic E-state index is 11.5. The smallest absolute Gasteiger partial charge is 0.0722 e. The van der Waals surface area contributed by atoms with Gasteiger partial charge in [-0.1, -0.05) is 23.8 Å². The van der Waals surface area contributed by atoms with Gasteiger partial charge in [0.25, 0.3) is 0 Å². The molecule has 5 heteroatoms. The highest BCUT2D eigenvalue weighted by atomic mass is 16.4. The van der Waals surface area contributed by atoms with Crippen LogP contribution in [0.25, 0.3) is 17.0 Å². The molecule has 0 spiro atoms. The molecule has 5 nitrogen and oxygen atoms in total. The number of fused-ring (bicyclic) bond motifs is 1. The zero-order valence-corrected chi connectivity index (χ0v) is 13.5. The Kier molecular flexibility index (Phi) is 4.40. The van der Waals surface area contributed by atoms with Crippen LogP contribution in [0.1, 0.15) is 25.1 Å². The lowest BCUT2D eigenvalue weighted by Crippen LogP contribution is -2.33. The second-order valence-electron chi connectivity index (χ2n) is 5.58. The van der Waals surface area contributed by atoms with Crippen LogP contribution in [-0.4, -0.2) is 16.5 Å². The molecule has 0 aliphatic carbocycles. The van der Waals surface area contributed by atoms with Gasteiger partial charge in [-0.25, -0.2) is 0 Å². The van der Waals surface area contributed by atoms with Gasteiger partial charge in [0, 0.05) is 40.4 Å². The summed E-state index contributed by atoms with van der Waals surface area (Å²) >= 11 is 0. The Morgan fingerprint density at radius 1 is 1.09 bits per heavy atom. The quantitative estimate of drug-likeness (QED) is 0.614. The first-order valence-corrected chi connectivity index (χ1v) is 7.12. The van der Waals surface area contributed by atoms with E-state index in [9.17, 15) is 19.8 Å². The summed E-state index contributed by atoms with van der Waals surface area (Å²) in [7, 11) is 1.87. The number of hydrogen-bond acceptors (Lipinski definition) is 4. The molecule has 0 saturated heterocycles. The average Bonchev–Trinajstić information content (AvgIpc) is 2.71. The lowest BCUT2D eigenvalue weighted by atomic mass is 9.98. The van der Waals surface area contributed by atoms with Crippen molar-refractivity contribution < 1.29 is 19.8 Å². The number of carboxylic acids is 2. The molecule has 0 aliphatic heterocycles. The molecule has 0 amide bonds. The lowest BCUT2D eigenvalue weighted by Gasteiger charge is -2.16. The predicted molar refractivity (Wildman–Crippen MR) is 84.0 cm³/mol. The van der Waals surface area contributed by atoms with E-state index in [1.807, 2.05) is 42.8 Å². The van der Waals surface area contributed by atoms with E-state index in [-0.39, 0.29) is 11.1 Å². The van der Waals surface area contributed by atoms with Crippen molar-refractivity contribution in [2.45, 2.75) is 20.8 Å². The minimum atomic E-state index is -1.54. The molecule has 1 heterocycles. The van der Waals surface area contributed by atoms with Crippen LogP contribution in [0.2, 0.25) is 0 Å². The fourth-order valence-corrected chi connectivity index (χ4v) is 2.69. The molecule has 0 bridgehead atoms. The molecule has 0 aliphatic rings. The van der Waals surface area contributed by atoms with Gasteiger partial charge in [0.15, 0.2) is 0 Å². The van der Waals surface area contributed by atoms with Crippen molar-refractivity contribution in [3.63, 3.8) is 0 Å². The molecule has 0 radical (unpaired) electrons. The number of rotatable bonds is 4. The number of aliphatic carboxylic acids is 2. The summed E-state index contributed by atoms with van der Waals surface area (Å²) in [6.07, 6.45) is 1.35. The molecule has 2 aromatic rings. The Balaban J connectivity index is 2.81. The van der Waals surface area contributed by atoms with Crippen molar-refractivity contribution in [3.05, 3.63) is 52.2 Å². The summed E-state index contributed by atoms with van der Waals surface area (Å²) in [4.78, 5) is 22.8. The SMILES string of the molecule is CC(C)=C(C(=O)[O-])/C(=C/c1c(C)n(C)c2ccccc12)C(=O)[O-]. The molecular weight excluding hydrogens is 294 g/mol.